The molecule has 5 aromatic rings. The molecule has 0 heterocycles. The van der Waals surface area contributed by atoms with Crippen LogP contribution in [0.1, 0.15) is 5.56 Å². The first-order valence-electron chi connectivity index (χ1n) is 13.9. The number of halogens is 1. The van der Waals surface area contributed by atoms with Gasteiger partial charge in [0, 0.05) is 26.9 Å². The molecule has 0 atom stereocenters. The third-order valence-electron chi connectivity index (χ3n) is 7.41. The molecule has 0 amide bonds. The van der Waals surface area contributed by atoms with Crippen LogP contribution in [0.2, 0.25) is 5.02 Å². The van der Waals surface area contributed by atoms with Gasteiger partial charge in [-0.1, -0.05) is 53.7 Å². The van der Waals surface area contributed by atoms with Gasteiger partial charge in [-0.3, -0.25) is 14.1 Å². The van der Waals surface area contributed by atoms with Crippen molar-refractivity contribution in [3.63, 3.8) is 0 Å². The smallest absolute Gasteiger partial charge is 0.872 e. The molecule has 0 spiro atoms. The number of hydrogen-bond acceptors (Lipinski definition) is 16. The summed E-state index contributed by atoms with van der Waals surface area (Å²) in [7, 11) is -26.1. The van der Waals surface area contributed by atoms with Crippen LogP contribution in [-0.4, -0.2) is 78.6 Å². The van der Waals surface area contributed by atoms with Crippen molar-refractivity contribution in [2.45, 2.75) is 19.6 Å². The maximum absolute atomic E-state index is 14.3. The number of benzene rings is 5. The van der Waals surface area contributed by atoms with E-state index in [-0.39, 0.29) is 134 Å². The van der Waals surface area contributed by atoms with Crippen LogP contribution >= 0.6 is 11.6 Å². The minimum Gasteiger partial charge on any atom is -0.872 e. The zero-order valence-electron chi connectivity index (χ0n) is 29.7. The monoisotopic (exact) mass is 939 g/mol. The van der Waals surface area contributed by atoms with Crippen molar-refractivity contribution in [1.82, 2.24) is 0 Å². The summed E-state index contributed by atoms with van der Waals surface area (Å²) in [5.41, 5.74) is -3.24. The van der Waals surface area contributed by atoms with Gasteiger partial charge in [0.25, 0.3) is 10.1 Å². The summed E-state index contributed by atoms with van der Waals surface area (Å²) in [5.74, 6) is -3.72. The maximum Gasteiger partial charge on any atom is 1.00 e. The van der Waals surface area contributed by atoms with Crippen LogP contribution in [-0.2, 0) is 54.8 Å². The maximum atomic E-state index is 14.3. The van der Waals surface area contributed by atoms with E-state index in [9.17, 15) is 66.0 Å². The fourth-order valence-electron chi connectivity index (χ4n) is 5.24. The van der Waals surface area contributed by atoms with Crippen LogP contribution in [0.4, 0.5) is 5.69 Å². The summed E-state index contributed by atoms with van der Waals surface area (Å²) >= 11 is 6.06. The molecule has 0 unspecified atom stereocenters. The quantitative estimate of drug-likeness (QED) is 0.0537. The van der Waals surface area contributed by atoms with E-state index >= 15 is 0 Å². The van der Waals surface area contributed by atoms with Crippen LogP contribution in [0.5, 0.6) is 5.75 Å². The number of nitrogens with zero attached hydrogens (tertiary/aromatic N) is 1. The zero-order chi connectivity index (χ0) is 39.5. The zero-order valence-corrected chi connectivity index (χ0v) is 42.6. The van der Waals surface area contributed by atoms with E-state index in [0.717, 1.165) is 30.3 Å². The number of fused-ring (bicyclic) bond motifs is 2. The van der Waals surface area contributed by atoms with Crippen molar-refractivity contribution in [2.24, 2.45) is 4.99 Å². The molecule has 0 aliphatic heterocycles. The third-order valence-corrected chi connectivity index (χ3v) is 12.5. The normalized spacial score (nSPS) is 12.5. The van der Waals surface area contributed by atoms with Crippen LogP contribution in [0.25, 0.3) is 32.7 Å². The van der Waals surface area contributed by atoms with Gasteiger partial charge in [0.2, 0.25) is 0 Å². The Morgan fingerprint density at radius 1 is 0.737 bits per heavy atom. The SMILES string of the molecule is O=S(=O)(O)OCCS(=O)(=O)c1ccc2c(S(=O)(=O)O)c(-c3c(S(=O)(=O)[O-])cc4cc(S(=O)(=O)[O-])cc(N=C([O-])c5ccccc5Cl)c4c3[O-])ccc2c1.[Na+].[Na+].[Na+].[Na+]. The van der Waals surface area contributed by atoms with E-state index < -0.39 is 127 Å². The average Bonchev–Trinajstić information content (AvgIpc) is 3.01. The Bertz CT molecular complexity index is 2990. The second-order valence-electron chi connectivity index (χ2n) is 10.8. The van der Waals surface area contributed by atoms with Gasteiger partial charge < -0.3 is 19.3 Å². The summed E-state index contributed by atoms with van der Waals surface area (Å²) < 4.78 is 170. The van der Waals surface area contributed by atoms with Crippen molar-refractivity contribution in [1.29, 1.82) is 0 Å². The van der Waals surface area contributed by atoms with Crippen molar-refractivity contribution >= 4 is 95.3 Å². The number of aliphatic imine (C=N–C) groups is 1. The van der Waals surface area contributed by atoms with Crippen molar-refractivity contribution in [2.75, 3.05) is 12.4 Å². The minimum absolute atomic E-state index is 0. The minimum atomic E-state index is -5.81. The first-order valence-corrected chi connectivity index (χ1v) is 21.6. The predicted molar refractivity (Wildman–Crippen MR) is 179 cm³/mol. The van der Waals surface area contributed by atoms with Gasteiger partial charge in [-0.25, -0.2) is 29.4 Å². The van der Waals surface area contributed by atoms with Gasteiger partial charge in [-0.15, -0.1) is 0 Å². The van der Waals surface area contributed by atoms with Crippen molar-refractivity contribution in [3.8, 4) is 16.9 Å². The Hall–Kier alpha value is -0.270. The molecule has 0 aliphatic carbocycles. The van der Waals surface area contributed by atoms with E-state index in [1.54, 1.807) is 0 Å². The standard InChI is InChI=1S/C29H22ClNO17S5.4Na/c30-22-4-2-1-3-20(22)29(33)31-23-14-18(50(36,37)38)12-16-13-24(51(39,40)41)26(27(32)25(16)23)21-7-5-15-11-17(6-8-19(15)28(21)52(42,43)44)49(34,35)10-9-48-53(45,46)47;;;;/h1-8,11-14,32H,9-10H2,(H,31,33)(H,36,37,38)(H,39,40,41)(H,42,43,44)(H,45,46,47);;;;/q;4*+1/p-4. The summed E-state index contributed by atoms with van der Waals surface area (Å²) in [6.45, 7) is -1.02. The molecule has 0 aromatic heterocycles. The molecule has 18 nitrogen and oxygen atoms in total. The van der Waals surface area contributed by atoms with Gasteiger partial charge >= 0.3 is 129 Å². The molecule has 57 heavy (non-hydrogen) atoms. The van der Waals surface area contributed by atoms with Crippen molar-refractivity contribution in [3.05, 3.63) is 83.4 Å². The van der Waals surface area contributed by atoms with Crippen LogP contribution in [0.3, 0.4) is 0 Å². The van der Waals surface area contributed by atoms with Crippen molar-refractivity contribution < 1.29 is 193 Å². The Balaban J connectivity index is 0.00000406. The summed E-state index contributed by atoms with van der Waals surface area (Å²) in [5, 5.41) is 25.0. The Morgan fingerprint density at radius 3 is 1.88 bits per heavy atom. The molecule has 5 aromatic carbocycles. The molecule has 282 valence electrons. The largest absolute Gasteiger partial charge is 1.00 e. The van der Waals surface area contributed by atoms with Gasteiger partial charge in [-0.2, -0.15) is 16.8 Å². The van der Waals surface area contributed by atoms with E-state index in [1.165, 1.54) is 24.3 Å². The second-order valence-corrected chi connectivity index (χ2v) is 18.5. The molecule has 0 radical (unpaired) electrons. The first-order chi connectivity index (χ1) is 24.3. The Kier molecular flexibility index (Phi) is 19.5. The molecule has 0 saturated carbocycles. The molecule has 0 fully saturated rings. The molecule has 2 N–H and O–H groups in total. The molecule has 5 rings (SSSR count). The van der Waals surface area contributed by atoms with Crippen LogP contribution in [0.15, 0.2) is 97.4 Å². The van der Waals surface area contributed by atoms with E-state index in [0.29, 0.717) is 18.2 Å². The number of sulfone groups is 1. The summed E-state index contributed by atoms with van der Waals surface area (Å²) in [6, 6.07) is 11.0. The number of rotatable bonds is 11. The topological polar surface area (TPSA) is 325 Å². The van der Waals surface area contributed by atoms with Crippen LogP contribution in [0, 0.1) is 0 Å². The van der Waals surface area contributed by atoms with E-state index in [4.69, 9.17) is 16.2 Å². The average molecular weight is 940 g/mol. The van der Waals surface area contributed by atoms with Gasteiger partial charge in [0.1, 0.15) is 25.1 Å². The second kappa shape index (κ2) is 20.3. The molecule has 0 aliphatic rings. The number of hydrogen-bond donors (Lipinski definition) is 2. The first kappa shape index (κ1) is 54.7. The Labute approximate surface area is 419 Å². The third kappa shape index (κ3) is 12.7. The molecule has 0 saturated heterocycles. The van der Waals surface area contributed by atoms with E-state index in [2.05, 4.69) is 9.18 Å². The van der Waals surface area contributed by atoms with Gasteiger partial charge in [0.15, 0.2) is 9.84 Å². The fraction of sp³-hybridized carbons (Fsp3) is 0.0690. The fourth-order valence-corrected chi connectivity index (χ4v) is 9.14. The van der Waals surface area contributed by atoms with E-state index in [1.807, 2.05) is 0 Å². The van der Waals surface area contributed by atoms with Gasteiger partial charge in [0.05, 0.1) is 32.7 Å². The van der Waals surface area contributed by atoms with Crippen LogP contribution < -0.4 is 128 Å². The summed E-state index contributed by atoms with van der Waals surface area (Å²) in [4.78, 5) is -0.594. The van der Waals surface area contributed by atoms with Gasteiger partial charge in [-0.05, 0) is 58.6 Å². The Morgan fingerprint density at radius 2 is 1.33 bits per heavy atom. The summed E-state index contributed by atoms with van der Waals surface area (Å²) in [6.07, 6.45) is 0. The predicted octanol–water partition coefficient (Wildman–Crippen LogP) is -10.5. The molecular weight excluding hydrogens is 922 g/mol. The molecule has 0 bridgehead atoms. The molecule has 28 heteroatoms. The molecular formula is C29H18ClNNa4O17S5.